The number of hydrogen-bond donors (Lipinski definition) is 0. The molecule has 0 bridgehead atoms. The highest BCUT2D eigenvalue weighted by Gasteiger charge is 2.34. The predicted octanol–water partition coefficient (Wildman–Crippen LogP) is 4.38. The lowest BCUT2D eigenvalue weighted by molar-refractivity contribution is 0.0728. The van der Waals surface area contributed by atoms with Crippen LogP contribution in [-0.2, 0) is 0 Å². The molecule has 2 heterocycles. The van der Waals surface area contributed by atoms with Crippen molar-refractivity contribution in [1.29, 1.82) is 0 Å². The molecule has 5 rings (SSSR count). The minimum Gasteiger partial charge on any atom is -0.497 e. The van der Waals surface area contributed by atoms with Gasteiger partial charge in [0.25, 0.3) is 11.5 Å². The van der Waals surface area contributed by atoms with Crippen LogP contribution in [-0.4, -0.2) is 41.4 Å². The van der Waals surface area contributed by atoms with Gasteiger partial charge in [-0.05, 0) is 43.2 Å². The number of carbonyl (C=O) groups is 1. The molecule has 1 saturated heterocycles. The van der Waals surface area contributed by atoms with Gasteiger partial charge >= 0.3 is 0 Å². The van der Waals surface area contributed by atoms with Gasteiger partial charge in [-0.3, -0.25) is 9.59 Å². The van der Waals surface area contributed by atoms with Crippen molar-refractivity contribution < 1.29 is 14.3 Å². The van der Waals surface area contributed by atoms with E-state index in [1.165, 1.54) is 4.68 Å². The fraction of sp³-hybridized carbons (Fsp3) is 0.222. The number of nitrogens with zero attached hydrogens (tertiary/aromatic N) is 3. The van der Waals surface area contributed by atoms with Gasteiger partial charge in [0, 0.05) is 23.6 Å². The zero-order valence-electron chi connectivity index (χ0n) is 19.1. The molecular weight excluding hydrogens is 430 g/mol. The SMILES string of the molecule is COc1ccc(C2CCCN2C(=O)c2nn(-c3ccccc3)c(=O)c3ccccc23)c(OC)c1. The largest absolute Gasteiger partial charge is 0.497 e. The molecule has 1 aliphatic rings. The van der Waals surface area contributed by atoms with Gasteiger partial charge in [-0.25, -0.2) is 0 Å². The highest BCUT2D eigenvalue weighted by Crippen LogP contribution is 2.39. The second-order valence-electron chi connectivity index (χ2n) is 8.21. The summed E-state index contributed by atoms with van der Waals surface area (Å²) in [5.74, 6) is 1.16. The molecule has 1 aromatic heterocycles. The molecule has 0 saturated carbocycles. The van der Waals surface area contributed by atoms with Crippen LogP contribution >= 0.6 is 0 Å². The first-order valence-electron chi connectivity index (χ1n) is 11.2. The molecular formula is C27H25N3O4. The van der Waals surface area contributed by atoms with E-state index in [0.29, 0.717) is 34.5 Å². The zero-order chi connectivity index (χ0) is 23.7. The van der Waals surface area contributed by atoms with Crippen molar-refractivity contribution in [3.8, 4) is 17.2 Å². The molecule has 34 heavy (non-hydrogen) atoms. The number of carbonyl (C=O) groups excluding carboxylic acids is 1. The summed E-state index contributed by atoms with van der Waals surface area (Å²) in [4.78, 5) is 29.0. The van der Waals surface area contributed by atoms with E-state index in [0.717, 1.165) is 18.4 Å². The van der Waals surface area contributed by atoms with Gasteiger partial charge in [0.15, 0.2) is 5.69 Å². The molecule has 0 N–H and O–H groups in total. The molecule has 1 fully saturated rings. The number of amides is 1. The second kappa shape index (κ2) is 9.02. The Labute approximate surface area is 197 Å². The Morgan fingerprint density at radius 1 is 0.941 bits per heavy atom. The number of ether oxygens (including phenoxy) is 2. The van der Waals surface area contributed by atoms with Gasteiger partial charge in [-0.2, -0.15) is 9.78 Å². The van der Waals surface area contributed by atoms with Gasteiger partial charge in [-0.1, -0.05) is 36.4 Å². The minimum absolute atomic E-state index is 0.161. The van der Waals surface area contributed by atoms with Gasteiger partial charge < -0.3 is 14.4 Å². The van der Waals surface area contributed by atoms with E-state index in [1.54, 1.807) is 44.6 Å². The predicted molar refractivity (Wildman–Crippen MR) is 130 cm³/mol. The van der Waals surface area contributed by atoms with Crippen LogP contribution in [0.15, 0.2) is 77.6 Å². The number of fused-ring (bicyclic) bond motifs is 1. The molecule has 1 atom stereocenters. The van der Waals surface area contributed by atoms with Crippen molar-refractivity contribution in [3.63, 3.8) is 0 Å². The Balaban J connectivity index is 1.62. The molecule has 4 aromatic rings. The highest BCUT2D eigenvalue weighted by atomic mass is 16.5. The Kier molecular flexibility index (Phi) is 5.76. The summed E-state index contributed by atoms with van der Waals surface area (Å²) in [5, 5.41) is 5.59. The van der Waals surface area contributed by atoms with Crippen LogP contribution in [0.3, 0.4) is 0 Å². The summed E-state index contributed by atoms with van der Waals surface area (Å²) in [6.07, 6.45) is 1.67. The normalized spacial score (nSPS) is 15.5. The number of methoxy groups -OCH3 is 2. The monoisotopic (exact) mass is 455 g/mol. The summed E-state index contributed by atoms with van der Waals surface area (Å²) >= 11 is 0. The molecule has 0 spiro atoms. The lowest BCUT2D eigenvalue weighted by atomic mass is 10.0. The molecule has 1 amide bonds. The summed E-state index contributed by atoms with van der Waals surface area (Å²) in [5.41, 5.74) is 1.54. The lowest BCUT2D eigenvalue weighted by Gasteiger charge is -2.27. The quantitative estimate of drug-likeness (QED) is 0.447. The number of benzene rings is 3. The van der Waals surface area contributed by atoms with E-state index in [-0.39, 0.29) is 23.2 Å². The molecule has 7 nitrogen and oxygen atoms in total. The maximum atomic E-state index is 13.9. The maximum absolute atomic E-state index is 13.9. The smallest absolute Gasteiger partial charge is 0.279 e. The number of rotatable bonds is 5. The van der Waals surface area contributed by atoms with Gasteiger partial charge in [0.2, 0.25) is 0 Å². The Hall–Kier alpha value is -4.13. The second-order valence-corrected chi connectivity index (χ2v) is 8.21. The maximum Gasteiger partial charge on any atom is 0.279 e. The van der Waals surface area contributed by atoms with Crippen LogP contribution in [0.1, 0.15) is 34.9 Å². The van der Waals surface area contributed by atoms with Gasteiger partial charge in [0.1, 0.15) is 11.5 Å². The van der Waals surface area contributed by atoms with Crippen molar-refractivity contribution in [1.82, 2.24) is 14.7 Å². The van der Waals surface area contributed by atoms with Gasteiger partial charge in [-0.15, -0.1) is 0 Å². The Bertz CT molecular complexity index is 1410. The van der Waals surface area contributed by atoms with Crippen LogP contribution in [0.25, 0.3) is 16.5 Å². The summed E-state index contributed by atoms with van der Waals surface area (Å²) in [7, 11) is 3.22. The van der Waals surface area contributed by atoms with Crippen molar-refractivity contribution in [2.45, 2.75) is 18.9 Å². The highest BCUT2D eigenvalue weighted by molar-refractivity contribution is 6.05. The summed E-state index contributed by atoms with van der Waals surface area (Å²) in [6.45, 7) is 0.596. The third kappa shape index (κ3) is 3.69. The molecule has 172 valence electrons. The van der Waals surface area contributed by atoms with Crippen molar-refractivity contribution >= 4 is 16.7 Å². The topological polar surface area (TPSA) is 73.7 Å². The van der Waals surface area contributed by atoms with E-state index < -0.39 is 0 Å². The van der Waals surface area contributed by atoms with E-state index in [9.17, 15) is 9.59 Å². The van der Waals surface area contributed by atoms with E-state index in [2.05, 4.69) is 5.10 Å². The van der Waals surface area contributed by atoms with E-state index >= 15 is 0 Å². The third-order valence-electron chi connectivity index (χ3n) is 6.32. The Morgan fingerprint density at radius 3 is 2.41 bits per heavy atom. The fourth-order valence-corrected chi connectivity index (χ4v) is 4.65. The van der Waals surface area contributed by atoms with Gasteiger partial charge in [0.05, 0.1) is 31.3 Å². The lowest BCUT2D eigenvalue weighted by Crippen LogP contribution is -2.34. The first-order chi connectivity index (χ1) is 16.6. The standard InChI is InChI=1S/C27H25N3O4/c1-33-19-14-15-22(24(17-19)34-2)23-13-8-16-29(23)27(32)25-20-11-6-7-12-21(20)26(31)30(28-25)18-9-4-3-5-10-18/h3-7,9-12,14-15,17,23H,8,13,16H2,1-2H3. The van der Waals surface area contributed by atoms with Crippen molar-refractivity contribution in [2.24, 2.45) is 0 Å². The number of para-hydroxylation sites is 1. The van der Waals surface area contributed by atoms with E-state index in [4.69, 9.17) is 9.47 Å². The molecule has 0 aliphatic carbocycles. The third-order valence-corrected chi connectivity index (χ3v) is 6.32. The van der Waals surface area contributed by atoms with Crippen LogP contribution in [0, 0.1) is 0 Å². The van der Waals surface area contributed by atoms with E-state index in [1.807, 2.05) is 47.4 Å². The Morgan fingerprint density at radius 2 is 1.68 bits per heavy atom. The molecule has 1 aliphatic heterocycles. The molecule has 0 radical (unpaired) electrons. The number of aromatic nitrogens is 2. The molecule has 3 aromatic carbocycles. The van der Waals surface area contributed by atoms with Crippen LogP contribution in [0.4, 0.5) is 0 Å². The van der Waals surface area contributed by atoms with Crippen LogP contribution in [0.2, 0.25) is 0 Å². The van der Waals surface area contributed by atoms with Crippen LogP contribution < -0.4 is 15.0 Å². The summed E-state index contributed by atoms with van der Waals surface area (Å²) < 4.78 is 12.3. The number of hydrogen-bond acceptors (Lipinski definition) is 5. The number of likely N-dealkylation sites (tertiary alicyclic amines) is 1. The molecule has 1 unspecified atom stereocenters. The minimum atomic E-state index is -0.256. The van der Waals surface area contributed by atoms with Crippen LogP contribution in [0.5, 0.6) is 11.5 Å². The molecule has 7 heteroatoms. The van der Waals surface area contributed by atoms with Crippen molar-refractivity contribution in [3.05, 3.63) is 94.4 Å². The van der Waals surface area contributed by atoms with Crippen molar-refractivity contribution in [2.75, 3.05) is 20.8 Å². The summed E-state index contributed by atoms with van der Waals surface area (Å²) in [6, 6.07) is 21.8. The zero-order valence-corrected chi connectivity index (χ0v) is 19.1. The average molecular weight is 456 g/mol. The average Bonchev–Trinajstić information content (AvgIpc) is 3.38. The first-order valence-corrected chi connectivity index (χ1v) is 11.2. The first kappa shape index (κ1) is 21.7. The fourth-order valence-electron chi connectivity index (χ4n) is 4.65.